The minimum Gasteiger partial charge on any atom is -0.387 e. The number of quaternary nitrogens is 1. The lowest BCUT2D eigenvalue weighted by Crippen LogP contribution is -2.45. The summed E-state index contributed by atoms with van der Waals surface area (Å²) in [7, 11) is 1.54. The highest BCUT2D eigenvalue weighted by molar-refractivity contribution is 7.47. The van der Waals surface area contributed by atoms with Crippen molar-refractivity contribution in [1.29, 1.82) is 0 Å². The summed E-state index contributed by atoms with van der Waals surface area (Å²) < 4.78 is 23.4. The van der Waals surface area contributed by atoms with Crippen molar-refractivity contribution in [2.75, 3.05) is 40.9 Å². The van der Waals surface area contributed by atoms with Crippen LogP contribution in [-0.4, -0.2) is 73.4 Å². The summed E-state index contributed by atoms with van der Waals surface area (Å²) in [6.45, 7) is 4.73. The smallest absolute Gasteiger partial charge is 0.387 e. The van der Waals surface area contributed by atoms with Gasteiger partial charge in [0, 0.05) is 6.42 Å². The number of aliphatic hydroxyl groups is 1. The second-order valence-corrected chi connectivity index (χ2v) is 16.1. The topological polar surface area (TPSA) is 105 Å². The third-order valence-electron chi connectivity index (χ3n) is 8.59. The van der Waals surface area contributed by atoms with E-state index >= 15 is 0 Å². The van der Waals surface area contributed by atoms with Gasteiger partial charge in [-0.1, -0.05) is 147 Å². The Kier molecular flexibility index (Phi) is 31.8. The van der Waals surface area contributed by atoms with Crippen molar-refractivity contribution in [3.63, 3.8) is 0 Å². The molecule has 3 atom stereocenters. The molecule has 0 aromatic rings. The Balaban J connectivity index is 4.51. The third kappa shape index (κ3) is 34.9. The number of hydrogen-bond donors (Lipinski definition) is 3. The van der Waals surface area contributed by atoms with Crippen molar-refractivity contribution < 1.29 is 32.9 Å². The largest absolute Gasteiger partial charge is 0.472 e. The van der Waals surface area contributed by atoms with Crippen molar-refractivity contribution in [3.05, 3.63) is 36.5 Å². The Bertz CT molecular complexity index is 902. The van der Waals surface area contributed by atoms with E-state index in [1.165, 1.54) is 96.3 Å². The van der Waals surface area contributed by atoms with Gasteiger partial charge in [-0.25, -0.2) is 4.57 Å². The van der Waals surface area contributed by atoms with Crippen LogP contribution in [0.5, 0.6) is 0 Å². The molecule has 0 radical (unpaired) electrons. The number of carbonyl (C=O) groups is 1. The molecular formula is C40H78N2O6P+. The fourth-order valence-electron chi connectivity index (χ4n) is 5.36. The maximum atomic E-state index is 12.7. The number of aliphatic hydroxyl groups excluding tert-OH is 1. The molecule has 0 aliphatic heterocycles. The second kappa shape index (κ2) is 32.6. The number of phosphoric ester groups is 1. The number of phosphoric acid groups is 1. The SMILES string of the molecule is CCCCCCCCCCC/C=C/CC/C=C/CC/C=C/C(O)C(COP(=O)(O)OCC[N+](C)(C)C)NC(=O)CCCCCCCCCC. The van der Waals surface area contributed by atoms with Crippen LogP contribution in [-0.2, 0) is 18.4 Å². The zero-order valence-electron chi connectivity index (χ0n) is 32.4. The summed E-state index contributed by atoms with van der Waals surface area (Å²) in [4.78, 5) is 22.9. The number of hydrogen-bond acceptors (Lipinski definition) is 5. The van der Waals surface area contributed by atoms with Gasteiger partial charge in [0.1, 0.15) is 13.2 Å². The molecule has 8 nitrogen and oxygen atoms in total. The van der Waals surface area contributed by atoms with E-state index in [-0.39, 0.29) is 19.1 Å². The van der Waals surface area contributed by atoms with Crippen molar-refractivity contribution in [2.45, 2.75) is 174 Å². The molecule has 3 unspecified atom stereocenters. The van der Waals surface area contributed by atoms with Gasteiger partial charge in [-0.15, -0.1) is 0 Å². The number of nitrogens with zero attached hydrogens (tertiary/aromatic N) is 1. The molecule has 9 heteroatoms. The molecule has 0 aliphatic rings. The van der Waals surface area contributed by atoms with E-state index in [0.29, 0.717) is 17.4 Å². The van der Waals surface area contributed by atoms with Gasteiger partial charge in [-0.05, 0) is 44.9 Å². The van der Waals surface area contributed by atoms with Crippen LogP contribution in [0, 0.1) is 0 Å². The Labute approximate surface area is 302 Å². The zero-order chi connectivity index (χ0) is 36.5. The predicted octanol–water partition coefficient (Wildman–Crippen LogP) is 10.4. The molecule has 288 valence electrons. The summed E-state index contributed by atoms with van der Waals surface area (Å²) >= 11 is 0. The lowest BCUT2D eigenvalue weighted by molar-refractivity contribution is -0.870. The van der Waals surface area contributed by atoms with E-state index in [2.05, 4.69) is 43.5 Å². The van der Waals surface area contributed by atoms with Crippen LogP contribution in [0.4, 0.5) is 0 Å². The molecule has 0 spiro atoms. The summed E-state index contributed by atoms with van der Waals surface area (Å²) in [5, 5.41) is 13.7. The lowest BCUT2D eigenvalue weighted by atomic mass is 10.1. The van der Waals surface area contributed by atoms with E-state index in [0.717, 1.165) is 44.9 Å². The first-order valence-electron chi connectivity index (χ1n) is 19.9. The van der Waals surface area contributed by atoms with E-state index in [4.69, 9.17) is 9.05 Å². The number of nitrogens with one attached hydrogen (secondary N) is 1. The molecule has 0 aromatic heterocycles. The molecule has 1 amide bonds. The molecule has 49 heavy (non-hydrogen) atoms. The van der Waals surface area contributed by atoms with Gasteiger partial charge in [0.15, 0.2) is 0 Å². The number of likely N-dealkylation sites (N-methyl/N-ethyl adjacent to an activating group) is 1. The third-order valence-corrected chi connectivity index (χ3v) is 9.57. The molecule has 0 bridgehead atoms. The van der Waals surface area contributed by atoms with Gasteiger partial charge in [0.2, 0.25) is 5.91 Å². The first kappa shape index (κ1) is 47.7. The molecule has 3 N–H and O–H groups in total. The summed E-state index contributed by atoms with van der Waals surface area (Å²) in [5.74, 6) is -0.198. The summed E-state index contributed by atoms with van der Waals surface area (Å²) in [6, 6.07) is -0.863. The Morgan fingerprint density at radius 2 is 1.12 bits per heavy atom. The first-order valence-corrected chi connectivity index (χ1v) is 21.4. The van der Waals surface area contributed by atoms with Gasteiger partial charge in [0.05, 0.1) is 39.9 Å². The molecule has 0 rings (SSSR count). The molecule has 0 fully saturated rings. The predicted molar refractivity (Wildman–Crippen MR) is 208 cm³/mol. The van der Waals surface area contributed by atoms with Crippen LogP contribution in [0.25, 0.3) is 0 Å². The highest BCUT2D eigenvalue weighted by atomic mass is 31.2. The van der Waals surface area contributed by atoms with Crippen molar-refractivity contribution in [3.8, 4) is 0 Å². The average molecular weight is 714 g/mol. The quantitative estimate of drug-likeness (QED) is 0.0261. The van der Waals surface area contributed by atoms with E-state index in [1.807, 2.05) is 27.2 Å². The van der Waals surface area contributed by atoms with E-state index in [1.54, 1.807) is 6.08 Å². The minimum atomic E-state index is -4.34. The fraction of sp³-hybridized carbons (Fsp3) is 0.825. The van der Waals surface area contributed by atoms with Crippen LogP contribution < -0.4 is 5.32 Å². The van der Waals surface area contributed by atoms with Crippen molar-refractivity contribution in [2.24, 2.45) is 0 Å². The average Bonchev–Trinajstić information content (AvgIpc) is 3.04. The number of unbranched alkanes of at least 4 members (excludes halogenated alkanes) is 18. The molecule has 0 aromatic carbocycles. The number of allylic oxidation sites excluding steroid dienone is 5. The first-order chi connectivity index (χ1) is 23.5. The number of carbonyl (C=O) groups excluding carboxylic acids is 1. The fourth-order valence-corrected chi connectivity index (χ4v) is 6.10. The van der Waals surface area contributed by atoms with Crippen LogP contribution in [0.3, 0.4) is 0 Å². The van der Waals surface area contributed by atoms with Crippen LogP contribution in [0.2, 0.25) is 0 Å². The van der Waals surface area contributed by atoms with Gasteiger partial charge in [-0.2, -0.15) is 0 Å². The van der Waals surface area contributed by atoms with E-state index < -0.39 is 20.0 Å². The standard InChI is InChI=1S/C40H77N2O6P/c1-6-8-10-12-14-16-17-18-19-20-21-22-23-24-25-26-27-29-31-33-39(43)38(37-48-49(45,46)47-36-35-42(3,4)5)41-40(44)34-32-30-28-15-13-11-9-7-2/h21-22,25-26,31,33,38-39,43H,6-20,23-24,27-30,32,34-37H2,1-5H3,(H-,41,44,45,46)/p+1/b22-21+,26-25+,33-31+. The molecule has 0 saturated carbocycles. The maximum Gasteiger partial charge on any atom is 0.472 e. The number of rotatable bonds is 35. The van der Waals surface area contributed by atoms with E-state index in [9.17, 15) is 19.4 Å². The Hall–Kier alpha value is -1.28. The molecule has 0 saturated heterocycles. The molecule has 0 aliphatic carbocycles. The van der Waals surface area contributed by atoms with Gasteiger partial charge >= 0.3 is 7.82 Å². The Morgan fingerprint density at radius 1 is 0.673 bits per heavy atom. The molecular weight excluding hydrogens is 635 g/mol. The highest BCUT2D eigenvalue weighted by Gasteiger charge is 2.27. The zero-order valence-corrected chi connectivity index (χ0v) is 33.3. The normalized spacial score (nSPS) is 15.0. The number of amides is 1. The second-order valence-electron chi connectivity index (χ2n) is 14.6. The van der Waals surface area contributed by atoms with Crippen LogP contribution in [0.15, 0.2) is 36.5 Å². The van der Waals surface area contributed by atoms with Crippen molar-refractivity contribution >= 4 is 13.7 Å². The summed E-state index contributed by atoms with van der Waals surface area (Å²) in [5.41, 5.74) is 0. The van der Waals surface area contributed by atoms with Crippen LogP contribution >= 0.6 is 7.82 Å². The summed E-state index contributed by atoms with van der Waals surface area (Å²) in [6.07, 6.45) is 38.0. The maximum absolute atomic E-state index is 12.7. The van der Waals surface area contributed by atoms with Gasteiger partial charge in [-0.3, -0.25) is 13.8 Å². The lowest BCUT2D eigenvalue weighted by Gasteiger charge is -2.25. The van der Waals surface area contributed by atoms with Crippen LogP contribution in [0.1, 0.15) is 162 Å². The molecule has 0 heterocycles. The highest BCUT2D eigenvalue weighted by Crippen LogP contribution is 2.43. The Morgan fingerprint density at radius 3 is 1.63 bits per heavy atom. The van der Waals surface area contributed by atoms with Gasteiger partial charge in [0.25, 0.3) is 0 Å². The minimum absolute atomic E-state index is 0.0539. The van der Waals surface area contributed by atoms with Crippen molar-refractivity contribution in [1.82, 2.24) is 5.32 Å². The monoisotopic (exact) mass is 714 g/mol. The van der Waals surface area contributed by atoms with Gasteiger partial charge < -0.3 is 19.8 Å².